The van der Waals surface area contributed by atoms with Crippen molar-refractivity contribution in [3.63, 3.8) is 0 Å². The van der Waals surface area contributed by atoms with Crippen molar-refractivity contribution in [1.29, 1.82) is 0 Å². The van der Waals surface area contributed by atoms with Crippen molar-refractivity contribution < 1.29 is 29.0 Å². The van der Waals surface area contributed by atoms with Crippen LogP contribution in [0.5, 0.6) is 0 Å². The Morgan fingerprint density at radius 1 is 1.05 bits per heavy atom. The largest absolute Gasteiger partial charge is 0.480 e. The molecule has 1 amide bonds. The number of esters is 1. The van der Waals surface area contributed by atoms with E-state index in [0.717, 1.165) is 61.4 Å². The van der Waals surface area contributed by atoms with E-state index < -0.39 is 23.9 Å². The first-order valence-corrected chi connectivity index (χ1v) is 15.6. The lowest BCUT2D eigenvalue weighted by Crippen LogP contribution is -2.51. The molecule has 6 rings (SSSR count). The normalized spacial score (nSPS) is 32.7. The van der Waals surface area contributed by atoms with Crippen LogP contribution in [-0.4, -0.2) is 45.9 Å². The van der Waals surface area contributed by atoms with Gasteiger partial charge in [0.1, 0.15) is 12.1 Å². The highest BCUT2D eigenvalue weighted by Crippen LogP contribution is 2.65. The number of carboxylic acids is 1. The number of aliphatic carboxylic acids is 1. The van der Waals surface area contributed by atoms with Crippen LogP contribution in [0.3, 0.4) is 0 Å². The van der Waals surface area contributed by atoms with Gasteiger partial charge in [-0.1, -0.05) is 37.6 Å². The van der Waals surface area contributed by atoms with Crippen LogP contribution in [0.4, 0.5) is 0 Å². The van der Waals surface area contributed by atoms with Gasteiger partial charge in [0, 0.05) is 41.8 Å². The summed E-state index contributed by atoms with van der Waals surface area (Å²) in [4.78, 5) is 52.8. The Balaban J connectivity index is 1.03. The van der Waals surface area contributed by atoms with Gasteiger partial charge in [-0.25, -0.2) is 4.79 Å². The second-order valence-corrected chi connectivity index (χ2v) is 13.6. The van der Waals surface area contributed by atoms with Crippen molar-refractivity contribution in [2.45, 2.75) is 96.6 Å². The van der Waals surface area contributed by atoms with E-state index in [9.17, 15) is 24.3 Å². The predicted molar refractivity (Wildman–Crippen MR) is 157 cm³/mol. The number of H-pyrrole nitrogens is 1. The zero-order chi connectivity index (χ0) is 29.6. The van der Waals surface area contributed by atoms with Crippen LogP contribution in [0.25, 0.3) is 10.9 Å². The molecule has 4 aliphatic carbocycles. The summed E-state index contributed by atoms with van der Waals surface area (Å²) in [5.41, 5.74) is 3.12. The number of carboxylic acid groups (broad SMARTS) is 1. The number of carbonyl (C=O) groups is 4. The van der Waals surface area contributed by atoms with E-state index in [2.05, 4.69) is 24.1 Å². The third-order valence-electron chi connectivity index (χ3n) is 11.4. The first kappa shape index (κ1) is 28.7. The minimum Gasteiger partial charge on any atom is -0.480 e. The molecule has 0 radical (unpaired) electrons. The van der Waals surface area contributed by atoms with Crippen LogP contribution in [0, 0.1) is 28.6 Å². The molecule has 0 aliphatic heterocycles. The Bertz CT molecular complexity index is 1440. The number of carbonyl (C=O) groups excluding carboxylic acids is 3. The molecule has 0 bridgehead atoms. The Morgan fingerprint density at radius 2 is 1.86 bits per heavy atom. The van der Waals surface area contributed by atoms with Crippen LogP contribution in [0.1, 0.15) is 83.6 Å². The van der Waals surface area contributed by atoms with E-state index in [-0.39, 0.29) is 42.0 Å². The van der Waals surface area contributed by atoms with Gasteiger partial charge in [-0.05, 0) is 85.8 Å². The van der Waals surface area contributed by atoms with Gasteiger partial charge in [-0.15, -0.1) is 0 Å². The molecule has 8 nitrogen and oxygen atoms in total. The van der Waals surface area contributed by atoms with Gasteiger partial charge in [-0.2, -0.15) is 0 Å². The van der Waals surface area contributed by atoms with Gasteiger partial charge < -0.3 is 20.1 Å². The summed E-state index contributed by atoms with van der Waals surface area (Å²) in [6.45, 7) is 4.66. The fraction of sp³-hybridized carbons (Fsp3) is 0.588. The van der Waals surface area contributed by atoms with Crippen molar-refractivity contribution >= 4 is 34.5 Å². The molecule has 7 atom stereocenters. The molecule has 7 unspecified atom stereocenters. The third-order valence-corrected chi connectivity index (χ3v) is 11.4. The number of ketones is 1. The Labute approximate surface area is 246 Å². The van der Waals surface area contributed by atoms with Crippen molar-refractivity contribution in [2.24, 2.45) is 28.6 Å². The molecule has 1 aromatic carbocycles. The number of hydrogen-bond donors (Lipinski definition) is 3. The lowest BCUT2D eigenvalue weighted by Gasteiger charge is -2.57. The highest BCUT2D eigenvalue weighted by atomic mass is 16.5. The maximum atomic E-state index is 12.9. The summed E-state index contributed by atoms with van der Waals surface area (Å²) >= 11 is 0. The van der Waals surface area contributed by atoms with E-state index in [4.69, 9.17) is 4.74 Å². The van der Waals surface area contributed by atoms with Crippen molar-refractivity contribution in [1.82, 2.24) is 10.3 Å². The molecule has 3 N–H and O–H groups in total. The second kappa shape index (κ2) is 11.0. The van der Waals surface area contributed by atoms with E-state index in [1.807, 2.05) is 30.3 Å². The molecule has 1 heterocycles. The zero-order valence-electron chi connectivity index (χ0n) is 24.6. The highest BCUT2D eigenvalue weighted by Gasteiger charge is 2.60. The molecule has 8 heteroatoms. The summed E-state index contributed by atoms with van der Waals surface area (Å²) < 4.78 is 6.05. The maximum Gasteiger partial charge on any atom is 0.326 e. The SMILES string of the molecule is CC12CCC(=O)C=C1CCC1C2CCC2(C)C(OC(=O)CCC(=O)NC(Cc3c[nH]c4ccccc34)C(=O)O)CCC12. The van der Waals surface area contributed by atoms with Crippen LogP contribution in [0.15, 0.2) is 42.1 Å². The predicted octanol–water partition coefficient (Wildman–Crippen LogP) is 5.50. The molecule has 1 aromatic heterocycles. The summed E-state index contributed by atoms with van der Waals surface area (Å²) in [7, 11) is 0. The average Bonchev–Trinajstić information content (AvgIpc) is 3.52. The summed E-state index contributed by atoms with van der Waals surface area (Å²) in [6, 6.07) is 6.53. The summed E-state index contributed by atoms with van der Waals surface area (Å²) in [5.74, 6) is -0.0533. The van der Waals surface area contributed by atoms with Crippen molar-refractivity contribution in [3.8, 4) is 0 Å². The molecular formula is C34H42N2O6. The van der Waals surface area contributed by atoms with Gasteiger partial charge in [0.2, 0.25) is 5.91 Å². The molecule has 0 saturated heterocycles. The lowest BCUT2D eigenvalue weighted by atomic mass is 9.47. The van der Waals surface area contributed by atoms with Gasteiger partial charge in [-0.3, -0.25) is 14.4 Å². The van der Waals surface area contributed by atoms with Gasteiger partial charge in [0.25, 0.3) is 0 Å². The standard InChI is InChI=1S/C34H42N2O6/c1-33-15-13-22(37)18-21(33)7-8-24-25-9-10-29(34(25,2)16-14-26(24)33)42-31(39)12-11-30(38)36-28(32(40)41)17-20-19-35-27-6-4-3-5-23(20)27/h3-6,18-19,24-26,28-29,35H,7-17H2,1-2H3,(H,36,38)(H,40,41). The second-order valence-electron chi connectivity index (χ2n) is 13.6. The molecular weight excluding hydrogens is 532 g/mol. The van der Waals surface area contributed by atoms with Gasteiger partial charge in [0.15, 0.2) is 5.78 Å². The third kappa shape index (κ3) is 5.07. The van der Waals surface area contributed by atoms with Crippen molar-refractivity contribution in [2.75, 3.05) is 0 Å². The smallest absolute Gasteiger partial charge is 0.326 e. The van der Waals surface area contributed by atoms with Crippen LogP contribution >= 0.6 is 0 Å². The first-order valence-electron chi connectivity index (χ1n) is 15.6. The fourth-order valence-corrected chi connectivity index (χ4v) is 9.13. The number of hydrogen-bond acceptors (Lipinski definition) is 5. The quantitative estimate of drug-likeness (QED) is 0.357. The monoisotopic (exact) mass is 574 g/mol. The molecule has 0 spiro atoms. The highest BCUT2D eigenvalue weighted by molar-refractivity contribution is 5.91. The minimum absolute atomic E-state index is 0.0745. The first-order chi connectivity index (χ1) is 20.1. The number of aromatic amines is 1. The number of nitrogens with one attached hydrogen (secondary N) is 2. The Hall–Kier alpha value is -3.42. The molecule has 3 saturated carbocycles. The van der Waals surface area contributed by atoms with Crippen LogP contribution in [-0.2, 0) is 30.3 Å². The van der Waals surface area contributed by atoms with E-state index in [1.54, 1.807) is 6.20 Å². The van der Waals surface area contributed by atoms with Crippen LogP contribution < -0.4 is 5.32 Å². The number of fused-ring (bicyclic) bond motifs is 6. The van der Waals surface area contributed by atoms with E-state index >= 15 is 0 Å². The summed E-state index contributed by atoms with van der Waals surface area (Å²) in [6.07, 6.45) is 11.2. The molecule has 3 fully saturated rings. The number of aromatic nitrogens is 1. The van der Waals surface area contributed by atoms with E-state index in [1.165, 1.54) is 5.57 Å². The van der Waals surface area contributed by atoms with Gasteiger partial charge >= 0.3 is 11.9 Å². The molecule has 42 heavy (non-hydrogen) atoms. The van der Waals surface area contributed by atoms with Crippen LogP contribution in [0.2, 0.25) is 0 Å². The van der Waals surface area contributed by atoms with Crippen molar-refractivity contribution in [3.05, 3.63) is 47.7 Å². The number of para-hydroxylation sites is 1. The minimum atomic E-state index is -1.12. The summed E-state index contributed by atoms with van der Waals surface area (Å²) in [5, 5.41) is 13.3. The lowest BCUT2D eigenvalue weighted by molar-refractivity contribution is -0.160. The average molecular weight is 575 g/mol. The van der Waals surface area contributed by atoms with Gasteiger partial charge in [0.05, 0.1) is 6.42 Å². The zero-order valence-corrected chi connectivity index (χ0v) is 24.6. The fourth-order valence-electron chi connectivity index (χ4n) is 9.13. The van der Waals surface area contributed by atoms with E-state index in [0.29, 0.717) is 24.2 Å². The Morgan fingerprint density at radius 3 is 2.67 bits per heavy atom. The number of ether oxygens (including phenoxy) is 1. The number of rotatable bonds is 8. The number of benzene rings is 1. The maximum absolute atomic E-state index is 12.9. The molecule has 4 aliphatic rings. The molecule has 224 valence electrons. The number of allylic oxidation sites excluding steroid dienone is 1. The topological polar surface area (TPSA) is 126 Å². The molecule has 2 aromatic rings. The Kier molecular flexibility index (Phi) is 7.52. The number of amides is 1.